The van der Waals surface area contributed by atoms with E-state index in [1.165, 1.54) is 33.1 Å². The van der Waals surface area contributed by atoms with Crippen LogP contribution >= 0.6 is 0 Å². The maximum atomic E-state index is 12.5. The van der Waals surface area contributed by atoms with Crippen molar-refractivity contribution in [2.75, 3.05) is 14.2 Å². The van der Waals surface area contributed by atoms with E-state index < -0.39 is 0 Å². The number of hydrogen-bond donors (Lipinski definition) is 0. The number of ketones is 3. The van der Waals surface area contributed by atoms with Gasteiger partial charge in [-0.1, -0.05) is 107 Å². The van der Waals surface area contributed by atoms with Crippen LogP contribution in [-0.2, 0) is 40.5 Å². The molecule has 6 nitrogen and oxygen atoms in total. The fourth-order valence-corrected chi connectivity index (χ4v) is 4.89. The predicted octanol–water partition coefficient (Wildman–Crippen LogP) is 8.25. The van der Waals surface area contributed by atoms with Crippen LogP contribution in [0.5, 0.6) is 0 Å². The highest BCUT2D eigenvalue weighted by molar-refractivity contribution is 6.23. The lowest BCUT2D eigenvalue weighted by atomic mass is 9.71. The predicted molar refractivity (Wildman–Crippen MR) is 175 cm³/mol. The third kappa shape index (κ3) is 11.4. The first-order valence-corrected chi connectivity index (χ1v) is 15.1. The largest absolute Gasteiger partial charge is 0.489 e. The molecule has 0 N–H and O–H groups in total. The summed E-state index contributed by atoms with van der Waals surface area (Å²) in [5, 5.41) is 0. The zero-order chi connectivity index (χ0) is 33.0. The molecule has 43 heavy (non-hydrogen) atoms. The number of hydrogen-bond acceptors (Lipinski definition) is 6. The van der Waals surface area contributed by atoms with Crippen LogP contribution in [0.1, 0.15) is 97.3 Å². The van der Waals surface area contributed by atoms with Crippen molar-refractivity contribution in [1.82, 2.24) is 0 Å². The van der Waals surface area contributed by atoms with Gasteiger partial charge in [0.2, 0.25) is 23.1 Å². The fraction of sp³-hybridized carbons (Fsp3) is 0.459. The van der Waals surface area contributed by atoms with E-state index in [9.17, 15) is 14.4 Å². The molecule has 0 aliphatic heterocycles. The highest BCUT2D eigenvalue weighted by Gasteiger charge is 2.35. The van der Waals surface area contributed by atoms with Crippen LogP contribution in [0, 0.1) is 6.92 Å². The molecule has 0 saturated heterocycles. The number of carbonyl (C=O) groups is 4. The van der Waals surface area contributed by atoms with Gasteiger partial charge in [0.15, 0.2) is 0 Å². The molecule has 0 aromatic heterocycles. The van der Waals surface area contributed by atoms with Crippen molar-refractivity contribution in [2.24, 2.45) is 0 Å². The van der Waals surface area contributed by atoms with Crippen LogP contribution in [-0.4, -0.2) is 37.9 Å². The SMILES string of the molecule is CC=O.CCC.CCCC(CCC)(C(C)=O)c1ccccc1.COC1=C(OC)C(=O)C(Cc2ccc(C)cc2)=C(C)C1=O. The van der Waals surface area contributed by atoms with Gasteiger partial charge in [-0.05, 0) is 51.7 Å². The van der Waals surface area contributed by atoms with Gasteiger partial charge in [0.1, 0.15) is 12.1 Å². The zero-order valence-electron chi connectivity index (χ0n) is 28.0. The fourth-order valence-electron chi connectivity index (χ4n) is 4.89. The van der Waals surface area contributed by atoms with E-state index >= 15 is 0 Å². The molecule has 236 valence electrons. The molecule has 6 heteroatoms. The third-order valence-corrected chi connectivity index (χ3v) is 6.95. The molecule has 1 aliphatic carbocycles. The minimum atomic E-state index is -0.295. The van der Waals surface area contributed by atoms with Crippen molar-refractivity contribution >= 4 is 23.6 Å². The monoisotopic (exact) mass is 592 g/mol. The zero-order valence-corrected chi connectivity index (χ0v) is 28.0. The second-order valence-corrected chi connectivity index (χ2v) is 10.4. The van der Waals surface area contributed by atoms with Crippen molar-refractivity contribution < 1.29 is 28.7 Å². The number of aldehydes is 1. The van der Waals surface area contributed by atoms with E-state index in [0.717, 1.165) is 43.1 Å². The molecule has 0 spiro atoms. The Labute approximate surface area is 259 Å². The summed E-state index contributed by atoms with van der Waals surface area (Å²) in [6.07, 6.45) is 6.42. The molecule has 0 amide bonds. The minimum absolute atomic E-state index is 0.0183. The number of benzene rings is 2. The van der Waals surface area contributed by atoms with Crippen LogP contribution in [0.2, 0.25) is 0 Å². The quantitative estimate of drug-likeness (QED) is 0.204. The first-order chi connectivity index (χ1) is 20.5. The summed E-state index contributed by atoms with van der Waals surface area (Å²) >= 11 is 0. The van der Waals surface area contributed by atoms with E-state index in [2.05, 4.69) is 39.8 Å². The average molecular weight is 593 g/mol. The maximum absolute atomic E-state index is 12.5. The lowest BCUT2D eigenvalue weighted by Gasteiger charge is -2.31. The molecular formula is C37H52O6. The standard InChI is InChI=1S/C17H18O4.C15H22O.C3H8.C2H4O/c1-10-5-7-12(8-6-10)9-13-11(2)14(18)16(20-3)17(21-4)15(13)19;1-4-11-15(12-5-2,13(3)16)14-9-7-6-8-10-14;1-3-2;1-2-3/h5-8H,9H2,1-4H3;6-10H,4-5,11-12H2,1-3H3;3H2,1-2H3;2H,1H3. The summed E-state index contributed by atoms with van der Waals surface area (Å²) in [5.41, 5.74) is 3.94. The van der Waals surface area contributed by atoms with Gasteiger partial charge in [-0.2, -0.15) is 0 Å². The van der Waals surface area contributed by atoms with E-state index in [1.807, 2.05) is 49.4 Å². The summed E-state index contributed by atoms with van der Waals surface area (Å²) in [5.74, 6) is -0.312. The lowest BCUT2D eigenvalue weighted by Crippen LogP contribution is -2.34. The van der Waals surface area contributed by atoms with E-state index in [-0.39, 0.29) is 28.5 Å². The Morgan fingerprint density at radius 3 is 1.63 bits per heavy atom. The molecule has 2 aromatic rings. The number of aryl methyl sites for hydroxylation is 1. The topological polar surface area (TPSA) is 86.7 Å². The highest BCUT2D eigenvalue weighted by Crippen LogP contribution is 2.35. The maximum Gasteiger partial charge on any atom is 0.228 e. The van der Waals surface area contributed by atoms with Gasteiger partial charge in [-0.25, -0.2) is 0 Å². The van der Waals surface area contributed by atoms with Gasteiger partial charge < -0.3 is 14.3 Å². The number of Topliss-reactive ketones (excluding diaryl/α,β-unsaturated/α-hetero) is 3. The summed E-state index contributed by atoms with van der Waals surface area (Å²) < 4.78 is 10.1. The second kappa shape index (κ2) is 21.0. The molecule has 0 bridgehead atoms. The lowest BCUT2D eigenvalue weighted by molar-refractivity contribution is -0.123. The molecular weight excluding hydrogens is 540 g/mol. The van der Waals surface area contributed by atoms with Gasteiger partial charge in [-0.15, -0.1) is 0 Å². The Balaban J connectivity index is 0.000000711. The van der Waals surface area contributed by atoms with Gasteiger partial charge in [0.05, 0.1) is 19.6 Å². The molecule has 0 saturated carbocycles. The van der Waals surface area contributed by atoms with Crippen molar-refractivity contribution in [3.8, 4) is 0 Å². The molecule has 1 aliphatic rings. The number of methoxy groups -OCH3 is 2. The summed E-state index contributed by atoms with van der Waals surface area (Å²) in [6.45, 7) is 15.4. The Bertz CT molecular complexity index is 1210. The number of carbonyl (C=O) groups excluding carboxylic acids is 4. The van der Waals surface area contributed by atoms with Gasteiger partial charge in [0, 0.05) is 17.6 Å². The molecule has 0 unspecified atom stereocenters. The summed E-state index contributed by atoms with van der Waals surface area (Å²) in [6, 6.07) is 18.1. The Hall–Kier alpha value is -3.80. The van der Waals surface area contributed by atoms with Crippen LogP contribution in [0.15, 0.2) is 77.3 Å². The van der Waals surface area contributed by atoms with Crippen molar-refractivity contribution in [3.05, 3.63) is 94.0 Å². The van der Waals surface area contributed by atoms with E-state index in [1.54, 1.807) is 13.8 Å². The van der Waals surface area contributed by atoms with Crippen LogP contribution in [0.25, 0.3) is 0 Å². The minimum Gasteiger partial charge on any atom is -0.489 e. The average Bonchev–Trinajstić information content (AvgIpc) is 2.99. The molecule has 2 aromatic carbocycles. The normalized spacial score (nSPS) is 12.6. The Kier molecular flexibility index (Phi) is 19.1. The molecule has 0 fully saturated rings. The van der Waals surface area contributed by atoms with Crippen molar-refractivity contribution in [2.45, 2.75) is 99.3 Å². The molecule has 0 radical (unpaired) electrons. The highest BCUT2D eigenvalue weighted by atomic mass is 16.5. The molecule has 0 heterocycles. The summed E-state index contributed by atoms with van der Waals surface area (Å²) in [4.78, 5) is 45.6. The van der Waals surface area contributed by atoms with Crippen LogP contribution in [0.3, 0.4) is 0 Å². The van der Waals surface area contributed by atoms with Crippen LogP contribution in [0.4, 0.5) is 0 Å². The molecule has 3 rings (SSSR count). The van der Waals surface area contributed by atoms with Gasteiger partial charge in [0.25, 0.3) is 0 Å². The smallest absolute Gasteiger partial charge is 0.228 e. The second-order valence-electron chi connectivity index (χ2n) is 10.4. The summed E-state index contributed by atoms with van der Waals surface area (Å²) in [7, 11) is 2.72. The number of allylic oxidation sites excluding steroid dienone is 2. The Morgan fingerprint density at radius 2 is 1.23 bits per heavy atom. The third-order valence-electron chi connectivity index (χ3n) is 6.95. The Morgan fingerprint density at radius 1 is 0.791 bits per heavy atom. The first-order valence-electron chi connectivity index (χ1n) is 15.1. The van der Waals surface area contributed by atoms with Gasteiger partial charge in [-0.3, -0.25) is 14.4 Å². The first kappa shape index (κ1) is 39.2. The van der Waals surface area contributed by atoms with E-state index in [4.69, 9.17) is 14.3 Å². The van der Waals surface area contributed by atoms with Crippen LogP contribution < -0.4 is 0 Å². The molecule has 0 atom stereocenters. The van der Waals surface area contributed by atoms with Gasteiger partial charge >= 0.3 is 0 Å². The number of rotatable bonds is 10. The number of ether oxygens (including phenoxy) is 2. The van der Waals surface area contributed by atoms with E-state index in [0.29, 0.717) is 23.4 Å². The van der Waals surface area contributed by atoms with Crippen molar-refractivity contribution in [1.29, 1.82) is 0 Å². The van der Waals surface area contributed by atoms with Crippen molar-refractivity contribution in [3.63, 3.8) is 0 Å².